The molecule has 2 aromatic carbocycles. The highest BCUT2D eigenvalue weighted by molar-refractivity contribution is 5.99. The molecule has 0 saturated carbocycles. The van der Waals surface area contributed by atoms with Gasteiger partial charge in [-0.25, -0.2) is 0 Å². The van der Waals surface area contributed by atoms with E-state index < -0.39 is 28.5 Å². The van der Waals surface area contributed by atoms with E-state index in [4.69, 9.17) is 0 Å². The van der Waals surface area contributed by atoms with E-state index in [1.54, 1.807) is 36.5 Å². The third-order valence-corrected chi connectivity index (χ3v) is 6.10. The van der Waals surface area contributed by atoms with E-state index in [1.807, 2.05) is 0 Å². The number of amides is 2. The second-order valence-corrected chi connectivity index (χ2v) is 7.93. The van der Waals surface area contributed by atoms with Gasteiger partial charge in [-0.15, -0.1) is 0 Å². The van der Waals surface area contributed by atoms with Gasteiger partial charge < -0.3 is 25.0 Å². The number of H-pyrrole nitrogens is 1. The SMILES string of the molecule is CN1C(=O)[C@@](O)(Cc2ccccc2O)N(C)C(=O)[C@@H]1Cc1c[nH]c2cccc([N+](=O)[O-])c12. The number of carbonyl (C=O) groups excluding carboxylic acids is 2. The number of aliphatic hydroxyl groups is 1. The number of phenols is 1. The molecule has 1 aliphatic rings. The molecule has 3 aromatic rings. The number of non-ortho nitro benzene ring substituents is 1. The summed E-state index contributed by atoms with van der Waals surface area (Å²) in [6.07, 6.45) is 1.34. The maximum absolute atomic E-state index is 13.2. The van der Waals surface area contributed by atoms with Crippen molar-refractivity contribution in [2.45, 2.75) is 24.6 Å². The minimum atomic E-state index is -2.17. The molecule has 4 rings (SSSR count). The number of aromatic hydroxyl groups is 1. The molecular formula is C22H22N4O6. The number of nitro groups is 1. The number of likely N-dealkylation sites (N-methyl/N-ethyl adjacent to an activating group) is 2. The average molecular weight is 438 g/mol. The molecule has 0 aliphatic carbocycles. The van der Waals surface area contributed by atoms with Crippen molar-refractivity contribution in [2.24, 2.45) is 0 Å². The summed E-state index contributed by atoms with van der Waals surface area (Å²) in [5.74, 6) is -1.31. The molecule has 1 saturated heterocycles. The lowest BCUT2D eigenvalue weighted by molar-refractivity contribution is -0.383. The molecule has 1 fully saturated rings. The van der Waals surface area contributed by atoms with Crippen molar-refractivity contribution in [3.63, 3.8) is 0 Å². The zero-order chi connectivity index (χ0) is 23.2. The van der Waals surface area contributed by atoms with Crippen LogP contribution in [-0.2, 0) is 22.4 Å². The van der Waals surface area contributed by atoms with Crippen LogP contribution in [-0.4, -0.2) is 67.6 Å². The van der Waals surface area contributed by atoms with Gasteiger partial charge in [0, 0.05) is 39.2 Å². The summed E-state index contributed by atoms with van der Waals surface area (Å²) in [5, 5.41) is 33.1. The molecular weight excluding hydrogens is 416 g/mol. The first-order chi connectivity index (χ1) is 15.1. The zero-order valence-corrected chi connectivity index (χ0v) is 17.5. The van der Waals surface area contributed by atoms with Gasteiger partial charge >= 0.3 is 0 Å². The van der Waals surface area contributed by atoms with Gasteiger partial charge in [-0.3, -0.25) is 19.7 Å². The minimum absolute atomic E-state index is 0.0307. The van der Waals surface area contributed by atoms with Crippen molar-refractivity contribution < 1.29 is 24.7 Å². The third-order valence-electron chi connectivity index (χ3n) is 6.10. The summed E-state index contributed by atoms with van der Waals surface area (Å²) < 4.78 is 0. The molecule has 2 heterocycles. The maximum atomic E-state index is 13.2. The van der Waals surface area contributed by atoms with Gasteiger partial charge in [0.1, 0.15) is 11.8 Å². The van der Waals surface area contributed by atoms with E-state index in [1.165, 1.54) is 26.2 Å². The van der Waals surface area contributed by atoms with Gasteiger partial charge in [-0.1, -0.05) is 24.3 Å². The van der Waals surface area contributed by atoms with Crippen LogP contribution in [0.5, 0.6) is 5.75 Å². The number of nitrogens with one attached hydrogen (secondary N) is 1. The summed E-state index contributed by atoms with van der Waals surface area (Å²) >= 11 is 0. The second kappa shape index (κ2) is 7.65. The number of nitro benzene ring substituents is 1. The van der Waals surface area contributed by atoms with Crippen LogP contribution in [0, 0.1) is 10.1 Å². The Hall–Kier alpha value is -3.92. The fourth-order valence-corrected chi connectivity index (χ4v) is 4.24. The highest BCUT2D eigenvalue weighted by Gasteiger charge is 2.53. The normalized spacial score (nSPS) is 21.4. The lowest BCUT2D eigenvalue weighted by atomic mass is 9.92. The Labute approximate surface area is 182 Å². The van der Waals surface area contributed by atoms with Crippen LogP contribution in [0.4, 0.5) is 5.69 Å². The number of carbonyl (C=O) groups is 2. The van der Waals surface area contributed by atoms with Gasteiger partial charge in [0.15, 0.2) is 0 Å². The summed E-state index contributed by atoms with van der Waals surface area (Å²) in [6.45, 7) is 0. The van der Waals surface area contributed by atoms with Crippen molar-refractivity contribution >= 4 is 28.4 Å². The van der Waals surface area contributed by atoms with Crippen molar-refractivity contribution in [1.82, 2.24) is 14.8 Å². The number of nitrogens with zero attached hydrogens (tertiary/aromatic N) is 3. The minimum Gasteiger partial charge on any atom is -0.508 e. The van der Waals surface area contributed by atoms with Crippen LogP contribution in [0.25, 0.3) is 10.9 Å². The number of fused-ring (bicyclic) bond motifs is 1. The van der Waals surface area contributed by atoms with Crippen LogP contribution in [0.3, 0.4) is 0 Å². The van der Waals surface area contributed by atoms with Crippen LogP contribution in [0.1, 0.15) is 11.1 Å². The number of aromatic nitrogens is 1. The first kappa shape index (κ1) is 21.3. The van der Waals surface area contributed by atoms with Crippen molar-refractivity contribution in [3.05, 3.63) is 69.9 Å². The summed E-state index contributed by atoms with van der Waals surface area (Å²) in [6, 6.07) is 9.95. The van der Waals surface area contributed by atoms with Gasteiger partial charge in [0.2, 0.25) is 11.6 Å². The molecule has 2 atom stereocenters. The lowest BCUT2D eigenvalue weighted by Gasteiger charge is -2.47. The first-order valence-electron chi connectivity index (χ1n) is 9.92. The van der Waals surface area contributed by atoms with Gasteiger partial charge in [-0.2, -0.15) is 0 Å². The highest BCUT2D eigenvalue weighted by atomic mass is 16.6. The fourth-order valence-electron chi connectivity index (χ4n) is 4.24. The first-order valence-corrected chi connectivity index (χ1v) is 9.92. The number of piperazine rings is 1. The number of benzene rings is 2. The number of hydrogen-bond donors (Lipinski definition) is 3. The Morgan fingerprint density at radius 1 is 1.12 bits per heavy atom. The third kappa shape index (κ3) is 3.25. The molecule has 0 radical (unpaired) electrons. The largest absolute Gasteiger partial charge is 0.508 e. The van der Waals surface area contributed by atoms with Gasteiger partial charge in [0.25, 0.3) is 11.6 Å². The topological polar surface area (TPSA) is 140 Å². The van der Waals surface area contributed by atoms with Crippen molar-refractivity contribution in [3.8, 4) is 5.75 Å². The van der Waals surface area contributed by atoms with Crippen LogP contribution in [0.15, 0.2) is 48.7 Å². The van der Waals surface area contributed by atoms with Crippen molar-refractivity contribution in [1.29, 1.82) is 0 Å². The number of hydrogen-bond acceptors (Lipinski definition) is 6. The number of aromatic amines is 1. The molecule has 166 valence electrons. The fraction of sp³-hybridized carbons (Fsp3) is 0.273. The Kier molecular flexibility index (Phi) is 5.09. The van der Waals surface area contributed by atoms with Gasteiger partial charge in [-0.05, 0) is 23.3 Å². The van der Waals surface area contributed by atoms with Crippen LogP contribution < -0.4 is 0 Å². The van der Waals surface area contributed by atoms with E-state index in [-0.39, 0.29) is 24.3 Å². The number of phenolic OH excluding ortho intramolecular Hbond substituents is 1. The Morgan fingerprint density at radius 3 is 2.53 bits per heavy atom. The highest BCUT2D eigenvalue weighted by Crippen LogP contribution is 2.33. The molecule has 0 unspecified atom stereocenters. The predicted molar refractivity (Wildman–Crippen MR) is 115 cm³/mol. The Bertz CT molecular complexity index is 1240. The van der Waals surface area contributed by atoms with Crippen molar-refractivity contribution in [2.75, 3.05) is 14.1 Å². The van der Waals surface area contributed by atoms with E-state index >= 15 is 0 Å². The molecule has 1 aromatic heterocycles. The average Bonchev–Trinajstić information content (AvgIpc) is 3.19. The monoisotopic (exact) mass is 438 g/mol. The number of para-hydroxylation sites is 1. The summed E-state index contributed by atoms with van der Waals surface area (Å²) in [4.78, 5) is 42.5. The number of rotatable bonds is 5. The molecule has 2 amide bonds. The van der Waals surface area contributed by atoms with Gasteiger partial charge in [0.05, 0.1) is 15.8 Å². The predicted octanol–water partition coefficient (Wildman–Crippen LogP) is 1.55. The van der Waals surface area contributed by atoms with Crippen LogP contribution >= 0.6 is 0 Å². The molecule has 0 spiro atoms. The molecule has 1 aliphatic heterocycles. The Balaban J connectivity index is 1.67. The molecule has 32 heavy (non-hydrogen) atoms. The summed E-state index contributed by atoms with van der Waals surface area (Å²) in [5.41, 5.74) is -0.879. The molecule has 10 nitrogen and oxygen atoms in total. The lowest BCUT2D eigenvalue weighted by Crippen LogP contribution is -2.70. The molecule has 3 N–H and O–H groups in total. The quantitative estimate of drug-likeness (QED) is 0.408. The van der Waals surface area contributed by atoms with E-state index in [0.717, 1.165) is 9.80 Å². The standard InChI is InChI=1S/C22H22N4O6/c1-24-17(10-14-12-23-15-7-5-8-16(19(14)15)26(31)32)20(28)25(2)22(30,21(24)29)11-13-6-3-4-9-18(13)27/h3-9,12,17,23,27,30H,10-11H2,1-2H3/t17-,22-/m0/s1. The smallest absolute Gasteiger partial charge is 0.279 e. The molecule has 0 bridgehead atoms. The van der Waals surface area contributed by atoms with E-state index in [0.29, 0.717) is 22.0 Å². The van der Waals surface area contributed by atoms with E-state index in [9.17, 15) is 29.9 Å². The maximum Gasteiger partial charge on any atom is 0.279 e. The van der Waals surface area contributed by atoms with Crippen LogP contribution in [0.2, 0.25) is 0 Å². The Morgan fingerprint density at radius 2 is 1.84 bits per heavy atom. The van der Waals surface area contributed by atoms with E-state index in [2.05, 4.69) is 4.98 Å². The summed E-state index contributed by atoms with van der Waals surface area (Å²) in [7, 11) is 2.74. The zero-order valence-electron chi connectivity index (χ0n) is 17.5. The molecule has 10 heteroatoms. The second-order valence-electron chi connectivity index (χ2n) is 7.93.